The van der Waals surface area contributed by atoms with Gasteiger partial charge in [0.1, 0.15) is 17.6 Å². The molecule has 1 atom stereocenters. The molecule has 7 heteroatoms. The first kappa shape index (κ1) is 19.7. The quantitative estimate of drug-likeness (QED) is 0.452. The number of oxazole rings is 1. The van der Waals surface area contributed by atoms with Gasteiger partial charge in [0.15, 0.2) is 0 Å². The molecule has 7 nitrogen and oxygen atoms in total. The Kier molecular flexibility index (Phi) is 5.79. The van der Waals surface area contributed by atoms with Gasteiger partial charge in [-0.2, -0.15) is 0 Å². The van der Waals surface area contributed by atoms with Gasteiger partial charge in [-0.15, -0.1) is 0 Å². The van der Waals surface area contributed by atoms with Crippen LogP contribution in [0.3, 0.4) is 0 Å². The summed E-state index contributed by atoms with van der Waals surface area (Å²) >= 11 is 0. The molecule has 0 saturated carbocycles. The fourth-order valence-electron chi connectivity index (χ4n) is 3.28. The third-order valence-electron chi connectivity index (χ3n) is 4.94. The SMILES string of the molecule is Cc1oc(-c2ccccc2)nc1CCOc1ccc(CCC2NC(=O)OC2=O)cc1. The lowest BCUT2D eigenvalue weighted by molar-refractivity contribution is -0.135. The van der Waals surface area contributed by atoms with E-state index in [1.165, 1.54) is 0 Å². The van der Waals surface area contributed by atoms with Gasteiger partial charge in [-0.3, -0.25) is 0 Å². The molecule has 1 amide bonds. The molecule has 0 aliphatic carbocycles. The highest BCUT2D eigenvalue weighted by Gasteiger charge is 2.31. The Morgan fingerprint density at radius 2 is 1.80 bits per heavy atom. The van der Waals surface area contributed by atoms with E-state index in [2.05, 4.69) is 15.0 Å². The molecule has 1 N–H and O–H groups in total. The Labute approximate surface area is 174 Å². The van der Waals surface area contributed by atoms with Crippen molar-refractivity contribution < 1.29 is 23.5 Å². The number of esters is 1. The van der Waals surface area contributed by atoms with Crippen LogP contribution >= 0.6 is 0 Å². The van der Waals surface area contributed by atoms with Crippen LogP contribution in [0, 0.1) is 6.92 Å². The summed E-state index contributed by atoms with van der Waals surface area (Å²) in [5.74, 6) is 1.66. The predicted molar refractivity (Wildman–Crippen MR) is 109 cm³/mol. The average molecular weight is 406 g/mol. The zero-order valence-corrected chi connectivity index (χ0v) is 16.6. The molecule has 1 fully saturated rings. The van der Waals surface area contributed by atoms with Crippen LogP contribution in [0.5, 0.6) is 5.75 Å². The molecule has 4 rings (SSSR count). The molecule has 0 spiro atoms. The molecule has 30 heavy (non-hydrogen) atoms. The van der Waals surface area contributed by atoms with Gasteiger partial charge in [0.2, 0.25) is 5.89 Å². The van der Waals surface area contributed by atoms with E-state index in [0.29, 0.717) is 31.8 Å². The van der Waals surface area contributed by atoms with Gasteiger partial charge in [0, 0.05) is 12.0 Å². The molecule has 0 bridgehead atoms. The molecule has 1 unspecified atom stereocenters. The number of nitrogens with one attached hydrogen (secondary N) is 1. The van der Waals surface area contributed by atoms with Crippen molar-refractivity contribution in [3.63, 3.8) is 0 Å². The Morgan fingerprint density at radius 3 is 2.50 bits per heavy atom. The first-order valence-corrected chi connectivity index (χ1v) is 9.84. The second kappa shape index (κ2) is 8.82. The summed E-state index contributed by atoms with van der Waals surface area (Å²) in [6, 6.07) is 16.9. The minimum Gasteiger partial charge on any atom is -0.493 e. The van der Waals surface area contributed by atoms with Crippen LogP contribution in [0.1, 0.15) is 23.4 Å². The standard InChI is InChI=1S/C23H22N2O5/c1-15-19(24-21(29-15)17-5-3-2-4-6-17)13-14-28-18-10-7-16(8-11-18)9-12-20-22(26)30-23(27)25-20/h2-8,10-11,20H,9,12-14H2,1H3,(H,25,27). The zero-order chi connectivity index (χ0) is 20.9. The first-order chi connectivity index (χ1) is 14.6. The van der Waals surface area contributed by atoms with E-state index >= 15 is 0 Å². The molecule has 154 valence electrons. The van der Waals surface area contributed by atoms with Crippen LogP contribution in [0.25, 0.3) is 11.5 Å². The number of alkyl carbamates (subject to hydrolysis) is 1. The summed E-state index contributed by atoms with van der Waals surface area (Å²) in [6.45, 7) is 2.40. The number of aromatic nitrogens is 1. The van der Waals surface area contributed by atoms with Crippen LogP contribution < -0.4 is 10.1 Å². The molecule has 1 aromatic heterocycles. The van der Waals surface area contributed by atoms with E-state index < -0.39 is 18.1 Å². The number of carbonyl (C=O) groups is 2. The topological polar surface area (TPSA) is 90.7 Å². The minimum absolute atomic E-state index is 0.487. The summed E-state index contributed by atoms with van der Waals surface area (Å²) in [5, 5.41) is 2.50. The van der Waals surface area contributed by atoms with E-state index in [9.17, 15) is 9.59 Å². The molecule has 2 heterocycles. The summed E-state index contributed by atoms with van der Waals surface area (Å²) in [4.78, 5) is 27.1. The Morgan fingerprint density at radius 1 is 1.03 bits per heavy atom. The molecule has 1 aliphatic rings. The largest absolute Gasteiger partial charge is 0.493 e. The van der Waals surface area contributed by atoms with Crippen molar-refractivity contribution in [2.75, 3.05) is 6.61 Å². The van der Waals surface area contributed by atoms with Gasteiger partial charge in [0.05, 0.1) is 12.3 Å². The highest BCUT2D eigenvalue weighted by atomic mass is 16.6. The average Bonchev–Trinajstić information content (AvgIpc) is 3.29. The van der Waals surface area contributed by atoms with Gasteiger partial charge in [0.25, 0.3) is 0 Å². The minimum atomic E-state index is -0.674. The number of aryl methyl sites for hydroxylation is 2. The molecular weight excluding hydrogens is 384 g/mol. The Balaban J connectivity index is 1.26. The number of hydrogen-bond acceptors (Lipinski definition) is 6. The molecular formula is C23H22N2O5. The van der Waals surface area contributed by atoms with Crippen LogP contribution in [0.2, 0.25) is 0 Å². The number of rotatable bonds is 8. The number of carbonyl (C=O) groups excluding carboxylic acids is 2. The maximum atomic E-state index is 11.5. The Bertz CT molecular complexity index is 1030. The normalized spacial score (nSPS) is 15.7. The van der Waals surface area contributed by atoms with E-state index in [1.54, 1.807) is 0 Å². The maximum Gasteiger partial charge on any atom is 0.415 e. The van der Waals surface area contributed by atoms with Crippen molar-refractivity contribution >= 4 is 12.1 Å². The van der Waals surface area contributed by atoms with Crippen molar-refractivity contribution in [3.8, 4) is 17.2 Å². The van der Waals surface area contributed by atoms with E-state index in [-0.39, 0.29) is 0 Å². The fourth-order valence-corrected chi connectivity index (χ4v) is 3.28. The maximum absolute atomic E-state index is 11.5. The summed E-state index contributed by atoms with van der Waals surface area (Å²) in [7, 11) is 0. The first-order valence-electron chi connectivity index (χ1n) is 9.84. The van der Waals surface area contributed by atoms with E-state index in [4.69, 9.17) is 9.15 Å². The fraction of sp³-hybridized carbons (Fsp3) is 0.261. The monoisotopic (exact) mass is 406 g/mol. The van der Waals surface area contributed by atoms with E-state index in [0.717, 1.165) is 28.3 Å². The zero-order valence-electron chi connectivity index (χ0n) is 16.6. The van der Waals surface area contributed by atoms with Gasteiger partial charge in [-0.25, -0.2) is 14.6 Å². The highest BCUT2D eigenvalue weighted by molar-refractivity contribution is 5.95. The number of hydrogen-bond donors (Lipinski definition) is 1. The van der Waals surface area contributed by atoms with Crippen LogP contribution in [-0.2, 0) is 22.4 Å². The van der Waals surface area contributed by atoms with Gasteiger partial charge in [-0.05, 0) is 49.6 Å². The molecule has 2 aromatic carbocycles. The summed E-state index contributed by atoms with van der Waals surface area (Å²) < 4.78 is 16.1. The van der Waals surface area contributed by atoms with Gasteiger partial charge >= 0.3 is 12.1 Å². The third kappa shape index (κ3) is 4.68. The number of nitrogens with zero attached hydrogens (tertiary/aromatic N) is 1. The van der Waals surface area contributed by atoms with Crippen LogP contribution in [-0.4, -0.2) is 29.7 Å². The summed E-state index contributed by atoms with van der Waals surface area (Å²) in [6.07, 6.45) is 1.13. The van der Waals surface area contributed by atoms with Gasteiger partial charge in [-0.1, -0.05) is 30.3 Å². The third-order valence-corrected chi connectivity index (χ3v) is 4.94. The summed E-state index contributed by atoms with van der Waals surface area (Å²) in [5.41, 5.74) is 2.89. The number of cyclic esters (lactones) is 2. The lowest BCUT2D eigenvalue weighted by atomic mass is 10.1. The molecule has 1 saturated heterocycles. The van der Waals surface area contributed by atoms with Crippen molar-refractivity contribution in [1.82, 2.24) is 10.3 Å². The second-order valence-electron chi connectivity index (χ2n) is 7.07. The molecule has 3 aromatic rings. The smallest absolute Gasteiger partial charge is 0.415 e. The number of amides is 1. The van der Waals surface area contributed by atoms with Crippen LogP contribution in [0.15, 0.2) is 59.0 Å². The van der Waals surface area contributed by atoms with E-state index in [1.807, 2.05) is 61.5 Å². The van der Waals surface area contributed by atoms with Crippen molar-refractivity contribution in [2.24, 2.45) is 0 Å². The highest BCUT2D eigenvalue weighted by Crippen LogP contribution is 2.22. The van der Waals surface area contributed by atoms with Gasteiger partial charge < -0.3 is 19.2 Å². The predicted octanol–water partition coefficient (Wildman–Crippen LogP) is 3.84. The lowest BCUT2D eigenvalue weighted by Gasteiger charge is -2.08. The molecule has 1 aliphatic heterocycles. The number of ether oxygens (including phenoxy) is 2. The van der Waals surface area contributed by atoms with Crippen LogP contribution in [0.4, 0.5) is 4.79 Å². The van der Waals surface area contributed by atoms with Crippen molar-refractivity contribution in [2.45, 2.75) is 32.2 Å². The second-order valence-corrected chi connectivity index (χ2v) is 7.07. The molecule has 0 radical (unpaired) electrons. The van der Waals surface area contributed by atoms with Crippen molar-refractivity contribution in [3.05, 3.63) is 71.6 Å². The van der Waals surface area contributed by atoms with Crippen molar-refractivity contribution in [1.29, 1.82) is 0 Å². The number of benzene rings is 2. The lowest BCUT2D eigenvalue weighted by Crippen LogP contribution is -2.29. The Hall–Kier alpha value is -3.61.